The molecule has 0 bridgehead atoms. The highest BCUT2D eigenvalue weighted by atomic mass is 32.2. The maximum atomic E-state index is 12.9. The quantitative estimate of drug-likeness (QED) is 0.802. The molecule has 2 aromatic rings. The number of nitrogens with zero attached hydrogens (tertiary/aromatic N) is 1. The molecular weight excluding hydrogens is 380 g/mol. The van der Waals surface area contributed by atoms with Crippen molar-refractivity contribution in [2.24, 2.45) is 0 Å². The molecule has 7 nitrogen and oxygen atoms in total. The van der Waals surface area contributed by atoms with E-state index in [1.807, 2.05) is 13.8 Å². The Morgan fingerprint density at radius 2 is 1.79 bits per heavy atom. The Hall–Kier alpha value is -2.87. The zero-order valence-electron chi connectivity index (χ0n) is 15.7. The van der Waals surface area contributed by atoms with Gasteiger partial charge in [-0.05, 0) is 56.7 Å². The first-order valence-corrected chi connectivity index (χ1v) is 10.4. The van der Waals surface area contributed by atoms with E-state index in [-0.39, 0.29) is 17.7 Å². The molecule has 0 aliphatic carbocycles. The average Bonchev–Trinajstić information content (AvgIpc) is 3.06. The van der Waals surface area contributed by atoms with Crippen LogP contribution in [0, 0.1) is 6.92 Å². The molecule has 0 unspecified atom stereocenters. The molecule has 1 N–H and O–H groups in total. The highest BCUT2D eigenvalue weighted by molar-refractivity contribution is 7.89. The molecule has 0 saturated carbocycles. The zero-order chi connectivity index (χ0) is 20.3. The van der Waals surface area contributed by atoms with Gasteiger partial charge in [0, 0.05) is 12.1 Å². The fraction of sp³-hybridized carbons (Fsp3) is 0.300. The number of rotatable bonds is 6. The minimum Gasteiger partial charge on any atom is -0.494 e. The molecule has 1 aliphatic heterocycles. The van der Waals surface area contributed by atoms with Crippen molar-refractivity contribution in [3.63, 3.8) is 0 Å². The number of carbonyl (C=O) groups excluding carboxylic acids is 2. The van der Waals surface area contributed by atoms with Crippen molar-refractivity contribution in [2.75, 3.05) is 11.9 Å². The van der Waals surface area contributed by atoms with E-state index < -0.39 is 27.9 Å². The van der Waals surface area contributed by atoms with Crippen molar-refractivity contribution in [1.82, 2.24) is 4.31 Å². The molecule has 1 aliphatic rings. The Balaban J connectivity index is 1.81. The van der Waals surface area contributed by atoms with Crippen molar-refractivity contribution < 1.29 is 22.7 Å². The molecule has 2 aromatic carbocycles. The Bertz CT molecular complexity index is 969. The van der Waals surface area contributed by atoms with E-state index >= 15 is 0 Å². The lowest BCUT2D eigenvalue weighted by molar-refractivity contribution is -0.128. The molecule has 148 valence electrons. The van der Waals surface area contributed by atoms with Crippen LogP contribution in [-0.2, 0) is 19.6 Å². The molecule has 2 amide bonds. The van der Waals surface area contributed by atoms with Gasteiger partial charge in [0.25, 0.3) is 10.0 Å². The second-order valence-corrected chi connectivity index (χ2v) is 8.32. The van der Waals surface area contributed by atoms with Crippen molar-refractivity contribution in [2.45, 2.75) is 37.6 Å². The highest BCUT2D eigenvalue weighted by Gasteiger charge is 2.44. The molecular formula is C20H22N2O5S. The fourth-order valence-electron chi connectivity index (χ4n) is 3.05. The summed E-state index contributed by atoms with van der Waals surface area (Å²) in [7, 11) is -4.10. The van der Waals surface area contributed by atoms with Crippen molar-refractivity contribution in [1.29, 1.82) is 0 Å². The maximum absolute atomic E-state index is 12.9. The lowest BCUT2D eigenvalue weighted by Crippen LogP contribution is -2.45. The largest absolute Gasteiger partial charge is 0.494 e. The number of nitrogens with one attached hydrogen (secondary N) is 1. The van der Waals surface area contributed by atoms with Crippen LogP contribution in [0.5, 0.6) is 5.75 Å². The summed E-state index contributed by atoms with van der Waals surface area (Å²) in [5.74, 6) is -0.446. The van der Waals surface area contributed by atoms with Crippen LogP contribution in [0.1, 0.15) is 25.3 Å². The summed E-state index contributed by atoms with van der Waals surface area (Å²) < 4.78 is 32.0. The molecule has 1 fully saturated rings. The summed E-state index contributed by atoms with van der Waals surface area (Å²) in [6, 6.07) is 11.9. The molecule has 8 heteroatoms. The van der Waals surface area contributed by atoms with E-state index in [9.17, 15) is 18.0 Å². The molecule has 1 atom stereocenters. The summed E-state index contributed by atoms with van der Waals surface area (Å²) in [6.45, 7) is 4.24. The first-order chi connectivity index (χ1) is 13.3. The van der Waals surface area contributed by atoms with E-state index in [1.165, 1.54) is 12.1 Å². The first kappa shape index (κ1) is 19.9. The number of ether oxygens (including phenoxy) is 1. The summed E-state index contributed by atoms with van der Waals surface area (Å²) >= 11 is 0. The summed E-state index contributed by atoms with van der Waals surface area (Å²) in [5, 5.41) is 2.68. The van der Waals surface area contributed by atoms with Crippen LogP contribution in [-0.4, -0.2) is 37.2 Å². The molecule has 1 saturated heterocycles. The lowest BCUT2D eigenvalue weighted by atomic mass is 10.2. The number of sulfonamides is 1. The predicted octanol–water partition coefficient (Wildman–Crippen LogP) is 2.71. The van der Waals surface area contributed by atoms with Gasteiger partial charge in [-0.3, -0.25) is 9.59 Å². The molecule has 3 rings (SSSR count). The van der Waals surface area contributed by atoms with Gasteiger partial charge in [0.15, 0.2) is 0 Å². The van der Waals surface area contributed by atoms with E-state index in [0.29, 0.717) is 22.3 Å². The summed E-state index contributed by atoms with van der Waals surface area (Å²) in [6.07, 6.45) is 0.152. The van der Waals surface area contributed by atoms with Gasteiger partial charge >= 0.3 is 0 Å². The lowest BCUT2D eigenvalue weighted by Gasteiger charge is -2.23. The second-order valence-electron chi connectivity index (χ2n) is 6.51. The number of hydrogen-bond donors (Lipinski definition) is 1. The molecule has 28 heavy (non-hydrogen) atoms. The molecule has 0 aromatic heterocycles. The molecule has 1 heterocycles. The minimum absolute atomic E-state index is 0.00640. The van der Waals surface area contributed by atoms with Gasteiger partial charge < -0.3 is 10.1 Å². The predicted molar refractivity (Wildman–Crippen MR) is 104 cm³/mol. The van der Waals surface area contributed by atoms with Crippen LogP contribution in [0.3, 0.4) is 0 Å². The Labute approximate surface area is 164 Å². The number of aryl methyl sites for hydroxylation is 1. The smallest absolute Gasteiger partial charge is 0.267 e. The van der Waals surface area contributed by atoms with E-state index in [0.717, 1.165) is 5.56 Å². The van der Waals surface area contributed by atoms with Gasteiger partial charge in [0.2, 0.25) is 11.8 Å². The van der Waals surface area contributed by atoms with Gasteiger partial charge in [0.1, 0.15) is 11.8 Å². The third-order valence-corrected chi connectivity index (χ3v) is 6.32. The van der Waals surface area contributed by atoms with Crippen LogP contribution < -0.4 is 10.1 Å². The third-order valence-electron chi connectivity index (χ3n) is 4.47. The van der Waals surface area contributed by atoms with Gasteiger partial charge in [-0.2, -0.15) is 0 Å². The standard InChI is InChI=1S/C20H22N2O5S/c1-3-27-16-8-6-15(7-9-16)21-20(24)18-12-13-19(23)22(18)28(25,26)17-10-4-14(2)5-11-17/h4-11,18H,3,12-13H2,1-2H3,(H,21,24)/t18-/m0/s1. The Kier molecular flexibility index (Phi) is 5.69. The van der Waals surface area contributed by atoms with Gasteiger partial charge in [-0.25, -0.2) is 12.7 Å². The highest BCUT2D eigenvalue weighted by Crippen LogP contribution is 2.28. The van der Waals surface area contributed by atoms with Crippen molar-refractivity contribution in [3.8, 4) is 5.75 Å². The Morgan fingerprint density at radius 1 is 1.14 bits per heavy atom. The topological polar surface area (TPSA) is 92.8 Å². The van der Waals surface area contributed by atoms with Crippen LogP contribution >= 0.6 is 0 Å². The Morgan fingerprint density at radius 3 is 2.39 bits per heavy atom. The first-order valence-electron chi connectivity index (χ1n) is 9.00. The van der Waals surface area contributed by atoms with E-state index in [4.69, 9.17) is 4.74 Å². The van der Waals surface area contributed by atoms with Crippen LogP contribution in [0.2, 0.25) is 0 Å². The summed E-state index contributed by atoms with van der Waals surface area (Å²) in [5.41, 5.74) is 1.40. The van der Waals surface area contributed by atoms with E-state index in [2.05, 4.69) is 5.32 Å². The van der Waals surface area contributed by atoms with Gasteiger partial charge in [-0.1, -0.05) is 17.7 Å². The summed E-state index contributed by atoms with van der Waals surface area (Å²) in [4.78, 5) is 25.0. The monoisotopic (exact) mass is 402 g/mol. The fourth-order valence-corrected chi connectivity index (χ4v) is 4.65. The second kappa shape index (κ2) is 8.02. The molecule has 0 spiro atoms. The van der Waals surface area contributed by atoms with Crippen LogP contribution in [0.15, 0.2) is 53.4 Å². The molecule has 0 radical (unpaired) electrons. The minimum atomic E-state index is -4.10. The van der Waals surface area contributed by atoms with Gasteiger partial charge in [-0.15, -0.1) is 0 Å². The number of benzene rings is 2. The SMILES string of the molecule is CCOc1ccc(NC(=O)[C@@H]2CCC(=O)N2S(=O)(=O)c2ccc(C)cc2)cc1. The maximum Gasteiger partial charge on any atom is 0.267 e. The number of anilines is 1. The van der Waals surface area contributed by atoms with Gasteiger partial charge in [0.05, 0.1) is 11.5 Å². The van der Waals surface area contributed by atoms with Crippen LogP contribution in [0.25, 0.3) is 0 Å². The van der Waals surface area contributed by atoms with E-state index in [1.54, 1.807) is 36.4 Å². The third kappa shape index (κ3) is 4.01. The zero-order valence-corrected chi connectivity index (χ0v) is 16.5. The number of hydrogen-bond acceptors (Lipinski definition) is 5. The normalized spacial score (nSPS) is 16.9. The average molecular weight is 402 g/mol. The number of carbonyl (C=O) groups is 2. The van der Waals surface area contributed by atoms with Crippen molar-refractivity contribution >= 4 is 27.5 Å². The number of amides is 2. The van der Waals surface area contributed by atoms with Crippen molar-refractivity contribution in [3.05, 3.63) is 54.1 Å². The van der Waals surface area contributed by atoms with Crippen LogP contribution in [0.4, 0.5) is 5.69 Å².